The maximum absolute atomic E-state index is 11.6. The Labute approximate surface area is 117 Å². The van der Waals surface area contributed by atoms with Crippen LogP contribution < -0.4 is 5.32 Å². The Bertz CT molecular complexity index is 494. The lowest BCUT2D eigenvalue weighted by Gasteiger charge is -2.04. The second-order valence-electron chi connectivity index (χ2n) is 3.92. The van der Waals surface area contributed by atoms with Crippen molar-refractivity contribution in [3.63, 3.8) is 0 Å². The minimum Gasteiger partial charge on any atom is -0.466 e. The van der Waals surface area contributed by atoms with Crippen molar-refractivity contribution in [2.75, 3.05) is 6.61 Å². The highest BCUT2D eigenvalue weighted by Gasteiger charge is 2.09. The number of hydrogen-bond donors (Lipinski definition) is 1. The third-order valence-corrected chi connectivity index (χ3v) is 2.36. The molecule has 20 heavy (non-hydrogen) atoms. The van der Waals surface area contributed by atoms with Gasteiger partial charge in [0.25, 0.3) is 6.29 Å². The molecule has 0 aromatic heterocycles. The predicted octanol–water partition coefficient (Wildman–Crippen LogP) is 1.60. The predicted molar refractivity (Wildman–Crippen MR) is 74.1 cm³/mol. The van der Waals surface area contributed by atoms with Crippen LogP contribution in [0.15, 0.2) is 36.0 Å². The van der Waals surface area contributed by atoms with Crippen molar-refractivity contribution in [1.82, 2.24) is 5.32 Å². The zero-order valence-corrected chi connectivity index (χ0v) is 11.2. The Morgan fingerprint density at radius 3 is 2.55 bits per heavy atom. The van der Waals surface area contributed by atoms with Crippen molar-refractivity contribution in [3.8, 4) is 0 Å². The number of nitrogens with one attached hydrogen (secondary N) is 1. The molecule has 0 heterocycles. The normalized spacial score (nSPS) is 10.8. The van der Waals surface area contributed by atoms with E-state index in [0.29, 0.717) is 0 Å². The first-order chi connectivity index (χ1) is 9.65. The number of amides is 1. The van der Waals surface area contributed by atoms with Crippen LogP contribution in [0.5, 0.6) is 0 Å². The van der Waals surface area contributed by atoms with E-state index in [0.717, 1.165) is 5.56 Å². The van der Waals surface area contributed by atoms with Gasteiger partial charge in [0.15, 0.2) is 0 Å². The molecule has 1 aromatic carbocycles. The van der Waals surface area contributed by atoms with Gasteiger partial charge in [0.1, 0.15) is 0 Å². The number of carbonyl (C=O) groups is 2. The van der Waals surface area contributed by atoms with Crippen LogP contribution in [-0.4, -0.2) is 24.8 Å². The molecule has 1 aromatic rings. The van der Waals surface area contributed by atoms with Crippen LogP contribution in [-0.2, 0) is 19.1 Å². The number of esters is 1. The van der Waals surface area contributed by atoms with Gasteiger partial charge in [-0.25, -0.2) is 0 Å². The average Bonchev–Trinajstić information content (AvgIpc) is 2.46. The van der Waals surface area contributed by atoms with Gasteiger partial charge in [-0.15, -0.1) is 0 Å². The second kappa shape index (κ2) is 8.63. The number of carbonyl (C=O) groups excluding carboxylic acids is 3. The molecule has 1 amide bonds. The highest BCUT2D eigenvalue weighted by Crippen LogP contribution is 2.04. The number of allylic oxidation sites excluding steroid dienone is 1. The summed E-state index contributed by atoms with van der Waals surface area (Å²) in [5, 5.41) is 2.40. The molecule has 0 saturated heterocycles. The van der Waals surface area contributed by atoms with E-state index in [1.165, 1.54) is 6.08 Å². The SMILES string of the molecule is CCOC(=O)CCC(=O)NC([C]=O)=Cc1ccccc1. The first kappa shape index (κ1) is 15.6. The Morgan fingerprint density at radius 1 is 1.25 bits per heavy atom. The summed E-state index contributed by atoms with van der Waals surface area (Å²) in [7, 11) is 0. The zero-order valence-electron chi connectivity index (χ0n) is 11.2. The summed E-state index contributed by atoms with van der Waals surface area (Å²) in [4.78, 5) is 33.5. The van der Waals surface area contributed by atoms with Gasteiger partial charge in [-0.2, -0.15) is 0 Å². The van der Waals surface area contributed by atoms with Crippen molar-refractivity contribution in [3.05, 3.63) is 41.6 Å². The smallest absolute Gasteiger partial charge is 0.306 e. The summed E-state index contributed by atoms with van der Waals surface area (Å²) in [6, 6.07) is 9.07. The topological polar surface area (TPSA) is 72.5 Å². The fourth-order valence-corrected chi connectivity index (χ4v) is 1.47. The lowest BCUT2D eigenvalue weighted by Crippen LogP contribution is -2.24. The molecule has 1 radical (unpaired) electrons. The summed E-state index contributed by atoms with van der Waals surface area (Å²) in [5.74, 6) is -0.866. The van der Waals surface area contributed by atoms with Gasteiger partial charge in [-0.3, -0.25) is 14.4 Å². The minimum atomic E-state index is -0.439. The van der Waals surface area contributed by atoms with E-state index in [1.54, 1.807) is 25.3 Å². The third-order valence-electron chi connectivity index (χ3n) is 2.36. The van der Waals surface area contributed by atoms with Crippen LogP contribution in [0.3, 0.4) is 0 Å². The monoisotopic (exact) mass is 274 g/mol. The number of benzene rings is 1. The van der Waals surface area contributed by atoms with Crippen LogP contribution in [0.1, 0.15) is 25.3 Å². The van der Waals surface area contributed by atoms with Gasteiger partial charge in [-0.05, 0) is 18.6 Å². The molecule has 0 aliphatic carbocycles. The van der Waals surface area contributed by atoms with Gasteiger partial charge in [0, 0.05) is 6.42 Å². The minimum absolute atomic E-state index is 0.0167. The average molecular weight is 274 g/mol. The van der Waals surface area contributed by atoms with Gasteiger partial charge < -0.3 is 10.1 Å². The zero-order chi connectivity index (χ0) is 14.8. The summed E-state index contributed by atoms with van der Waals surface area (Å²) in [5.41, 5.74) is 0.807. The maximum Gasteiger partial charge on any atom is 0.306 e. The summed E-state index contributed by atoms with van der Waals surface area (Å²) in [6.45, 7) is 1.97. The molecule has 0 aliphatic heterocycles. The van der Waals surface area contributed by atoms with Gasteiger partial charge in [0.2, 0.25) is 5.91 Å². The molecule has 0 aliphatic rings. The van der Waals surface area contributed by atoms with Gasteiger partial charge >= 0.3 is 5.97 Å². The maximum atomic E-state index is 11.6. The molecule has 5 nitrogen and oxygen atoms in total. The highest BCUT2D eigenvalue weighted by atomic mass is 16.5. The molecule has 0 saturated carbocycles. The van der Waals surface area contributed by atoms with Crippen LogP contribution in [0.2, 0.25) is 0 Å². The summed E-state index contributed by atoms with van der Waals surface area (Å²) in [6.07, 6.45) is 3.11. The van der Waals surface area contributed by atoms with Crippen LogP contribution >= 0.6 is 0 Å². The summed E-state index contributed by atoms with van der Waals surface area (Å²) >= 11 is 0. The Kier molecular flexibility index (Phi) is 6.75. The van der Waals surface area contributed by atoms with Gasteiger partial charge in [0.05, 0.1) is 18.7 Å². The molecule has 0 atom stereocenters. The molecular formula is C15H16NO4. The molecule has 5 heteroatoms. The molecular weight excluding hydrogens is 258 g/mol. The molecule has 0 spiro atoms. The van der Waals surface area contributed by atoms with Crippen LogP contribution in [0.4, 0.5) is 0 Å². The number of hydrogen-bond acceptors (Lipinski definition) is 4. The molecule has 0 bridgehead atoms. The van der Waals surface area contributed by atoms with Crippen molar-refractivity contribution in [2.45, 2.75) is 19.8 Å². The summed E-state index contributed by atoms with van der Waals surface area (Å²) < 4.78 is 4.71. The van der Waals surface area contributed by atoms with Crippen molar-refractivity contribution in [1.29, 1.82) is 0 Å². The van der Waals surface area contributed by atoms with Crippen LogP contribution in [0.25, 0.3) is 6.08 Å². The van der Waals surface area contributed by atoms with Crippen LogP contribution in [0, 0.1) is 0 Å². The number of ether oxygens (including phenoxy) is 1. The standard InChI is InChI=1S/C15H16NO4/c1-2-20-15(19)9-8-14(18)16-13(11-17)10-12-6-4-3-5-7-12/h3-7,10H,2,8-9H2,1H3,(H,16,18). The first-order valence-electron chi connectivity index (χ1n) is 6.26. The molecule has 0 unspecified atom stereocenters. The molecule has 0 fully saturated rings. The van der Waals surface area contributed by atoms with E-state index < -0.39 is 11.9 Å². The van der Waals surface area contributed by atoms with E-state index in [1.807, 2.05) is 18.2 Å². The fourth-order valence-electron chi connectivity index (χ4n) is 1.47. The van der Waals surface area contributed by atoms with E-state index in [2.05, 4.69) is 5.32 Å². The molecule has 1 rings (SSSR count). The van der Waals surface area contributed by atoms with E-state index in [9.17, 15) is 14.4 Å². The molecule has 1 N–H and O–H groups in total. The largest absolute Gasteiger partial charge is 0.466 e. The second-order valence-corrected chi connectivity index (χ2v) is 3.92. The Morgan fingerprint density at radius 2 is 1.95 bits per heavy atom. The number of rotatable bonds is 7. The van der Waals surface area contributed by atoms with E-state index >= 15 is 0 Å². The highest BCUT2D eigenvalue weighted by molar-refractivity contribution is 5.91. The van der Waals surface area contributed by atoms with Crippen molar-refractivity contribution < 1.29 is 19.1 Å². The lowest BCUT2D eigenvalue weighted by atomic mass is 10.2. The van der Waals surface area contributed by atoms with E-state index in [4.69, 9.17) is 4.74 Å². The van der Waals surface area contributed by atoms with Crippen molar-refractivity contribution >= 4 is 24.2 Å². The molecule has 105 valence electrons. The Balaban J connectivity index is 2.52. The quantitative estimate of drug-likeness (QED) is 0.605. The third kappa shape index (κ3) is 5.95. The first-order valence-corrected chi connectivity index (χ1v) is 6.26. The fraction of sp³-hybridized carbons (Fsp3) is 0.267. The van der Waals surface area contributed by atoms with E-state index in [-0.39, 0.29) is 25.1 Å². The van der Waals surface area contributed by atoms with Gasteiger partial charge in [-0.1, -0.05) is 30.3 Å². The Hall–Kier alpha value is -2.43. The van der Waals surface area contributed by atoms with Crippen molar-refractivity contribution in [2.24, 2.45) is 0 Å². The lowest BCUT2D eigenvalue weighted by molar-refractivity contribution is -0.144.